The van der Waals surface area contributed by atoms with Crippen LogP contribution in [0.4, 0.5) is 0 Å². The van der Waals surface area contributed by atoms with E-state index in [4.69, 9.17) is 0 Å². The number of nitrogens with zero attached hydrogens (tertiary/aromatic N) is 3. The molecular formula is C39H38N3+3. The molecular weight excluding hydrogens is 510 g/mol. The highest BCUT2D eigenvalue weighted by atomic mass is 15.0. The maximum Gasteiger partial charge on any atom is 0.212 e. The highest BCUT2D eigenvalue weighted by Gasteiger charge is 2.20. The topological polar surface area (TPSA) is 11.6 Å². The zero-order valence-corrected chi connectivity index (χ0v) is 24.5. The van der Waals surface area contributed by atoms with E-state index in [1.165, 1.54) is 50.5 Å². The van der Waals surface area contributed by atoms with Crippen molar-refractivity contribution in [2.24, 2.45) is 7.05 Å². The molecule has 0 aliphatic carbocycles. The van der Waals surface area contributed by atoms with Crippen LogP contribution in [0.1, 0.15) is 16.7 Å². The molecule has 0 fully saturated rings. The van der Waals surface area contributed by atoms with Crippen molar-refractivity contribution in [1.82, 2.24) is 0 Å². The molecule has 3 nitrogen and oxygen atoms in total. The Kier molecular flexibility index (Phi) is 8.28. The predicted octanol–water partition coefficient (Wildman–Crippen LogP) is 6.88. The van der Waals surface area contributed by atoms with E-state index in [9.17, 15) is 0 Å². The molecule has 0 aliphatic heterocycles. The van der Waals surface area contributed by atoms with Gasteiger partial charge in [-0.05, 0) is 72.9 Å². The molecule has 0 spiro atoms. The minimum atomic E-state index is 0.880. The van der Waals surface area contributed by atoms with Gasteiger partial charge in [0.2, 0.25) is 30.2 Å². The van der Waals surface area contributed by atoms with Gasteiger partial charge in [0.25, 0.3) is 0 Å². The first-order chi connectivity index (χ1) is 20.7. The fourth-order valence-corrected chi connectivity index (χ4v) is 5.96. The third-order valence-corrected chi connectivity index (χ3v) is 8.19. The van der Waals surface area contributed by atoms with Crippen molar-refractivity contribution in [1.29, 1.82) is 0 Å². The lowest BCUT2D eigenvalue weighted by Gasteiger charge is -2.12. The normalized spacial score (nSPS) is 11.0. The Hall–Kier alpha value is -4.89. The highest BCUT2D eigenvalue weighted by molar-refractivity contribution is 5.63. The number of rotatable bonds is 9. The molecule has 0 radical (unpaired) electrons. The molecule has 0 saturated carbocycles. The maximum atomic E-state index is 2.40. The van der Waals surface area contributed by atoms with Crippen LogP contribution >= 0.6 is 0 Å². The summed E-state index contributed by atoms with van der Waals surface area (Å²) in [6.07, 6.45) is 8.49. The number of hydrogen-bond acceptors (Lipinski definition) is 0. The minimum Gasteiger partial charge on any atom is -0.201 e. The van der Waals surface area contributed by atoms with Crippen molar-refractivity contribution in [3.05, 3.63) is 163 Å². The van der Waals surface area contributed by atoms with Crippen LogP contribution in [0, 0.1) is 6.92 Å². The number of aryl methyl sites for hydroxylation is 6. The summed E-state index contributed by atoms with van der Waals surface area (Å²) in [4.78, 5) is 0. The molecule has 6 rings (SSSR count). The van der Waals surface area contributed by atoms with E-state index in [1.54, 1.807) is 0 Å². The SMILES string of the molecule is Cc1ccccc1-c1cccc[n+]1CC[n+]1ccccc1-c1ccccc1CCc1ccccc1-c1cccc[n+]1C. The number of benzene rings is 3. The van der Waals surface area contributed by atoms with E-state index in [2.05, 4.69) is 174 Å². The third kappa shape index (κ3) is 5.91. The second kappa shape index (κ2) is 12.7. The Balaban J connectivity index is 1.27. The number of hydrogen-bond donors (Lipinski definition) is 0. The monoisotopic (exact) mass is 548 g/mol. The molecule has 0 amide bonds. The minimum absolute atomic E-state index is 0.880. The van der Waals surface area contributed by atoms with Gasteiger partial charge in [0.15, 0.2) is 18.6 Å². The first kappa shape index (κ1) is 27.3. The molecule has 6 aromatic rings. The van der Waals surface area contributed by atoms with Crippen LogP contribution < -0.4 is 13.7 Å². The molecule has 206 valence electrons. The smallest absolute Gasteiger partial charge is 0.201 e. The van der Waals surface area contributed by atoms with Crippen LogP contribution in [0.15, 0.2) is 146 Å². The maximum absolute atomic E-state index is 2.40. The Bertz CT molecular complexity index is 1690. The van der Waals surface area contributed by atoms with Gasteiger partial charge in [-0.1, -0.05) is 54.6 Å². The average molecular weight is 549 g/mol. The fraction of sp³-hybridized carbons (Fsp3) is 0.154. The van der Waals surface area contributed by atoms with E-state index in [0.29, 0.717) is 0 Å². The number of pyridine rings is 3. The van der Waals surface area contributed by atoms with E-state index >= 15 is 0 Å². The van der Waals surface area contributed by atoms with E-state index in [-0.39, 0.29) is 0 Å². The standard InChI is InChI=1S/C39H38N3/c1-31-15-3-6-18-34(31)38-22-10-13-27-41(38)29-30-42-28-14-11-23-39(42)36-20-8-5-17-33(36)25-24-32-16-4-7-19-35(32)37-21-9-12-26-40(37)2/h3-23,26-28H,24-25,29-30H2,1-2H3/q+3. The van der Waals surface area contributed by atoms with Gasteiger partial charge in [-0.25, -0.2) is 4.57 Å². The van der Waals surface area contributed by atoms with E-state index in [0.717, 1.165) is 25.9 Å². The quantitative estimate of drug-likeness (QED) is 0.175. The Morgan fingerprint density at radius 1 is 0.429 bits per heavy atom. The zero-order valence-electron chi connectivity index (χ0n) is 24.5. The van der Waals surface area contributed by atoms with Crippen LogP contribution in [0.5, 0.6) is 0 Å². The molecule has 3 heterocycles. The highest BCUT2D eigenvalue weighted by Crippen LogP contribution is 2.26. The van der Waals surface area contributed by atoms with Crippen LogP contribution in [0.3, 0.4) is 0 Å². The van der Waals surface area contributed by atoms with Gasteiger partial charge in [-0.2, -0.15) is 9.13 Å². The van der Waals surface area contributed by atoms with Gasteiger partial charge < -0.3 is 0 Å². The summed E-state index contributed by atoms with van der Waals surface area (Å²) in [5.41, 5.74) is 11.7. The molecule has 0 unspecified atom stereocenters. The van der Waals surface area contributed by atoms with E-state index in [1.807, 2.05) is 0 Å². The molecule has 0 aliphatic rings. The van der Waals surface area contributed by atoms with Crippen molar-refractivity contribution >= 4 is 0 Å². The molecule has 0 bridgehead atoms. The van der Waals surface area contributed by atoms with E-state index < -0.39 is 0 Å². The lowest BCUT2D eigenvalue weighted by Crippen LogP contribution is -2.46. The van der Waals surface area contributed by atoms with Crippen molar-refractivity contribution in [3.8, 4) is 33.8 Å². The van der Waals surface area contributed by atoms with Crippen LogP contribution in [0.25, 0.3) is 33.8 Å². The lowest BCUT2D eigenvalue weighted by molar-refractivity contribution is -0.768. The van der Waals surface area contributed by atoms with Gasteiger partial charge in [-0.15, -0.1) is 0 Å². The second-order valence-electron chi connectivity index (χ2n) is 10.9. The van der Waals surface area contributed by atoms with Gasteiger partial charge in [0, 0.05) is 53.1 Å². The van der Waals surface area contributed by atoms with Crippen LogP contribution in [-0.2, 0) is 33.0 Å². The summed E-state index contributed by atoms with van der Waals surface area (Å²) in [5, 5.41) is 0. The molecule has 0 N–H and O–H groups in total. The molecule has 42 heavy (non-hydrogen) atoms. The second-order valence-corrected chi connectivity index (χ2v) is 10.9. The molecule has 3 aromatic carbocycles. The van der Waals surface area contributed by atoms with Crippen LogP contribution in [-0.4, -0.2) is 0 Å². The Labute approximate surface area is 249 Å². The number of aromatic nitrogens is 3. The summed E-state index contributed by atoms with van der Waals surface area (Å²) >= 11 is 0. The van der Waals surface area contributed by atoms with Crippen molar-refractivity contribution < 1.29 is 13.7 Å². The largest absolute Gasteiger partial charge is 0.212 e. The Morgan fingerprint density at radius 3 is 1.43 bits per heavy atom. The lowest BCUT2D eigenvalue weighted by atomic mass is 9.94. The Morgan fingerprint density at radius 2 is 0.857 bits per heavy atom. The van der Waals surface area contributed by atoms with Crippen molar-refractivity contribution in [3.63, 3.8) is 0 Å². The summed E-state index contributed by atoms with van der Waals surface area (Å²) in [6, 6.07) is 45.8. The van der Waals surface area contributed by atoms with Gasteiger partial charge in [0.1, 0.15) is 7.05 Å². The molecule has 3 aromatic heterocycles. The van der Waals surface area contributed by atoms with Gasteiger partial charge in [0.05, 0.1) is 0 Å². The van der Waals surface area contributed by atoms with Crippen molar-refractivity contribution in [2.45, 2.75) is 32.9 Å². The van der Waals surface area contributed by atoms with Gasteiger partial charge in [-0.3, -0.25) is 0 Å². The third-order valence-electron chi connectivity index (χ3n) is 8.19. The summed E-state index contributed by atoms with van der Waals surface area (Å²) in [5.74, 6) is 0. The fourth-order valence-electron chi connectivity index (χ4n) is 5.96. The molecule has 0 saturated heterocycles. The molecule has 3 heteroatoms. The molecule has 0 atom stereocenters. The first-order valence-corrected chi connectivity index (χ1v) is 14.8. The average Bonchev–Trinajstić information content (AvgIpc) is 3.04. The zero-order chi connectivity index (χ0) is 28.7. The summed E-state index contributed by atoms with van der Waals surface area (Å²) in [6.45, 7) is 3.95. The van der Waals surface area contributed by atoms with Crippen LogP contribution in [0.2, 0.25) is 0 Å². The first-order valence-electron chi connectivity index (χ1n) is 14.8. The predicted molar refractivity (Wildman–Crippen MR) is 169 cm³/mol. The summed E-state index contributed by atoms with van der Waals surface area (Å²) < 4.78 is 6.98. The van der Waals surface area contributed by atoms with Gasteiger partial charge >= 0.3 is 0 Å². The van der Waals surface area contributed by atoms with Crippen molar-refractivity contribution in [2.75, 3.05) is 0 Å². The summed E-state index contributed by atoms with van der Waals surface area (Å²) in [7, 11) is 2.12.